The smallest absolute Gasteiger partial charge is 0.101 e. The first kappa shape index (κ1) is 13.8. The van der Waals surface area contributed by atoms with Crippen LogP contribution >= 0.6 is 22.9 Å². The van der Waals surface area contributed by atoms with Crippen molar-refractivity contribution in [3.05, 3.63) is 21.3 Å². The van der Waals surface area contributed by atoms with Gasteiger partial charge >= 0.3 is 0 Å². The van der Waals surface area contributed by atoms with E-state index in [1.807, 2.05) is 12.1 Å². The third-order valence-electron chi connectivity index (χ3n) is 4.34. The van der Waals surface area contributed by atoms with E-state index in [1.54, 1.807) is 0 Å². The highest BCUT2D eigenvalue weighted by atomic mass is 35.5. The van der Waals surface area contributed by atoms with Crippen LogP contribution in [0.1, 0.15) is 36.7 Å². The van der Waals surface area contributed by atoms with Crippen molar-refractivity contribution in [2.45, 2.75) is 43.9 Å². The molecular weight excluding hydrogens is 280 g/mol. The molecule has 1 aromatic rings. The van der Waals surface area contributed by atoms with E-state index in [1.165, 1.54) is 50.1 Å². The lowest BCUT2D eigenvalue weighted by atomic mass is 9.97. The van der Waals surface area contributed by atoms with Gasteiger partial charge in [0.25, 0.3) is 0 Å². The normalized spacial score (nSPS) is 29.4. The molecule has 5 heteroatoms. The lowest BCUT2D eigenvalue weighted by molar-refractivity contribution is 0.140. The Balaban J connectivity index is 1.47. The number of piperidine rings is 1. The molecule has 2 saturated heterocycles. The number of nitrogens with zero attached hydrogens (tertiary/aromatic N) is 1. The highest BCUT2D eigenvalue weighted by molar-refractivity contribution is 7.16. The molecule has 2 N–H and O–H groups in total. The maximum Gasteiger partial charge on any atom is 0.101 e. The number of hydrogen-bond acceptors (Lipinski definition) is 4. The second-order valence-corrected chi connectivity index (χ2v) is 7.37. The standard InChI is InChI=1S/C14H21ClN2OS/c15-14-4-3-13(19-14)12(18)9-16-10-5-7-17-6-1-2-11(17)8-10/h3-4,10-12,16,18H,1-2,5-9H2. The summed E-state index contributed by atoms with van der Waals surface area (Å²) in [7, 11) is 0. The Morgan fingerprint density at radius 2 is 2.32 bits per heavy atom. The number of fused-ring (bicyclic) bond motifs is 1. The van der Waals surface area contributed by atoms with Gasteiger partial charge < -0.3 is 15.3 Å². The molecule has 106 valence electrons. The van der Waals surface area contributed by atoms with Gasteiger partial charge in [-0.1, -0.05) is 11.6 Å². The average Bonchev–Trinajstić information content (AvgIpc) is 3.03. The summed E-state index contributed by atoms with van der Waals surface area (Å²) in [6.45, 7) is 3.13. The Morgan fingerprint density at radius 3 is 3.11 bits per heavy atom. The van der Waals surface area contributed by atoms with E-state index in [9.17, 15) is 5.11 Å². The van der Waals surface area contributed by atoms with Gasteiger partial charge in [-0.05, 0) is 50.9 Å². The quantitative estimate of drug-likeness (QED) is 0.897. The first-order chi connectivity index (χ1) is 9.22. The first-order valence-corrected chi connectivity index (χ1v) is 8.32. The third-order valence-corrected chi connectivity index (χ3v) is 5.68. The van der Waals surface area contributed by atoms with Gasteiger partial charge in [0.05, 0.1) is 4.34 Å². The largest absolute Gasteiger partial charge is 0.386 e. The molecule has 2 fully saturated rings. The minimum absolute atomic E-state index is 0.431. The molecule has 19 heavy (non-hydrogen) atoms. The molecule has 0 amide bonds. The predicted octanol–water partition coefficient (Wildman–Crippen LogP) is 2.65. The molecule has 2 aliphatic rings. The van der Waals surface area contributed by atoms with Crippen LogP contribution in [0.25, 0.3) is 0 Å². The molecule has 0 saturated carbocycles. The van der Waals surface area contributed by atoms with Crippen LogP contribution in [-0.2, 0) is 0 Å². The fraction of sp³-hybridized carbons (Fsp3) is 0.714. The van der Waals surface area contributed by atoms with E-state index < -0.39 is 6.10 Å². The lowest BCUT2D eigenvalue weighted by Gasteiger charge is -2.35. The molecule has 3 rings (SSSR count). The highest BCUT2D eigenvalue weighted by Gasteiger charge is 2.31. The van der Waals surface area contributed by atoms with Crippen LogP contribution in [-0.4, -0.2) is 41.7 Å². The van der Waals surface area contributed by atoms with E-state index in [4.69, 9.17) is 11.6 Å². The van der Waals surface area contributed by atoms with Gasteiger partial charge in [0.15, 0.2) is 0 Å². The van der Waals surface area contributed by atoms with Crippen LogP contribution in [0.2, 0.25) is 4.34 Å². The molecule has 1 aromatic heterocycles. The monoisotopic (exact) mass is 300 g/mol. The van der Waals surface area contributed by atoms with Crippen LogP contribution < -0.4 is 5.32 Å². The minimum Gasteiger partial charge on any atom is -0.386 e. The van der Waals surface area contributed by atoms with Gasteiger partial charge in [-0.25, -0.2) is 0 Å². The van der Waals surface area contributed by atoms with E-state index in [2.05, 4.69) is 10.2 Å². The van der Waals surface area contributed by atoms with Crippen molar-refractivity contribution in [1.29, 1.82) is 0 Å². The maximum atomic E-state index is 10.1. The molecule has 0 bridgehead atoms. The van der Waals surface area contributed by atoms with E-state index in [0.29, 0.717) is 12.6 Å². The Morgan fingerprint density at radius 1 is 1.42 bits per heavy atom. The fourth-order valence-electron chi connectivity index (χ4n) is 3.30. The number of aliphatic hydroxyl groups is 1. The van der Waals surface area contributed by atoms with Crippen molar-refractivity contribution in [2.24, 2.45) is 0 Å². The summed E-state index contributed by atoms with van der Waals surface area (Å²) >= 11 is 7.36. The maximum absolute atomic E-state index is 10.1. The van der Waals surface area contributed by atoms with E-state index >= 15 is 0 Å². The highest BCUT2D eigenvalue weighted by Crippen LogP contribution is 2.28. The van der Waals surface area contributed by atoms with Gasteiger partial charge in [0.2, 0.25) is 0 Å². The molecule has 0 radical (unpaired) electrons. The molecule has 3 atom stereocenters. The summed E-state index contributed by atoms with van der Waals surface area (Å²) in [5.74, 6) is 0. The van der Waals surface area contributed by atoms with Crippen molar-refractivity contribution < 1.29 is 5.11 Å². The van der Waals surface area contributed by atoms with Gasteiger partial charge in [0, 0.05) is 23.5 Å². The summed E-state index contributed by atoms with van der Waals surface area (Å²) in [5.41, 5.74) is 0. The van der Waals surface area contributed by atoms with Crippen molar-refractivity contribution in [3.63, 3.8) is 0 Å². The zero-order chi connectivity index (χ0) is 13.2. The van der Waals surface area contributed by atoms with Crippen molar-refractivity contribution in [2.75, 3.05) is 19.6 Å². The molecule has 0 spiro atoms. The van der Waals surface area contributed by atoms with Crippen LogP contribution in [0.5, 0.6) is 0 Å². The van der Waals surface area contributed by atoms with Crippen molar-refractivity contribution in [3.8, 4) is 0 Å². The van der Waals surface area contributed by atoms with Crippen LogP contribution in [0.3, 0.4) is 0 Å². The Labute approximate surface area is 123 Å². The number of aliphatic hydroxyl groups excluding tert-OH is 1. The van der Waals surface area contributed by atoms with Crippen LogP contribution in [0.4, 0.5) is 0 Å². The van der Waals surface area contributed by atoms with Crippen LogP contribution in [0, 0.1) is 0 Å². The predicted molar refractivity (Wildman–Crippen MR) is 79.9 cm³/mol. The Bertz CT molecular complexity index is 425. The number of thiophene rings is 1. The summed E-state index contributed by atoms with van der Waals surface area (Å²) in [4.78, 5) is 3.57. The molecular formula is C14H21ClN2OS. The summed E-state index contributed by atoms with van der Waals surface area (Å²) < 4.78 is 0.744. The third kappa shape index (κ3) is 3.31. The first-order valence-electron chi connectivity index (χ1n) is 7.13. The number of hydrogen-bond donors (Lipinski definition) is 2. The zero-order valence-corrected chi connectivity index (χ0v) is 12.6. The van der Waals surface area contributed by atoms with Crippen molar-refractivity contribution in [1.82, 2.24) is 10.2 Å². The molecule has 3 heterocycles. The summed E-state index contributed by atoms with van der Waals surface area (Å²) in [5, 5.41) is 13.7. The molecule has 0 aromatic carbocycles. The summed E-state index contributed by atoms with van der Waals surface area (Å²) in [6.07, 6.45) is 4.71. The Kier molecular flexibility index (Phi) is 4.44. The van der Waals surface area contributed by atoms with E-state index in [0.717, 1.165) is 15.3 Å². The number of nitrogens with one attached hydrogen (secondary N) is 1. The molecule has 3 nitrogen and oxygen atoms in total. The van der Waals surface area contributed by atoms with Gasteiger partial charge in [-0.15, -0.1) is 11.3 Å². The van der Waals surface area contributed by atoms with Gasteiger partial charge in [-0.3, -0.25) is 0 Å². The SMILES string of the molecule is OC(CNC1CCN2CCCC2C1)c1ccc(Cl)s1. The minimum atomic E-state index is -0.431. The van der Waals surface area contributed by atoms with Gasteiger partial charge in [-0.2, -0.15) is 0 Å². The van der Waals surface area contributed by atoms with Crippen molar-refractivity contribution >= 4 is 22.9 Å². The number of rotatable bonds is 4. The second kappa shape index (κ2) is 6.10. The molecule has 0 aliphatic carbocycles. The summed E-state index contributed by atoms with van der Waals surface area (Å²) in [6, 6.07) is 5.10. The van der Waals surface area contributed by atoms with Gasteiger partial charge in [0.1, 0.15) is 6.10 Å². The zero-order valence-electron chi connectivity index (χ0n) is 11.0. The average molecular weight is 301 g/mol. The Hall–Kier alpha value is -0.130. The molecule has 3 unspecified atom stereocenters. The second-order valence-electron chi connectivity index (χ2n) is 5.62. The number of halogens is 1. The topological polar surface area (TPSA) is 35.5 Å². The van der Waals surface area contributed by atoms with Crippen LogP contribution in [0.15, 0.2) is 12.1 Å². The van der Waals surface area contributed by atoms with E-state index in [-0.39, 0.29) is 0 Å². The fourth-order valence-corrected chi connectivity index (χ4v) is 4.34. The lowest BCUT2D eigenvalue weighted by Crippen LogP contribution is -2.46. The molecule has 2 aliphatic heterocycles.